The fraction of sp³-hybridized carbons (Fsp3) is 0.167. The molecular weight excluding hydrogens is 500 g/mol. The summed E-state index contributed by atoms with van der Waals surface area (Å²) in [4.78, 5) is 0. The van der Waals surface area contributed by atoms with Crippen molar-refractivity contribution >= 4 is 15.9 Å². The molecule has 0 atom stereocenters. The molecule has 0 aromatic heterocycles. The Morgan fingerprint density at radius 2 is 1.66 bits per heavy atom. The van der Waals surface area contributed by atoms with Crippen molar-refractivity contribution in [3.63, 3.8) is 0 Å². The third-order valence-electron chi connectivity index (χ3n) is 5.61. The van der Waals surface area contributed by atoms with Gasteiger partial charge < -0.3 is 14.8 Å². The highest BCUT2D eigenvalue weighted by Crippen LogP contribution is 2.32. The molecule has 0 fully saturated rings. The van der Waals surface area contributed by atoms with Crippen LogP contribution in [0.25, 0.3) is 11.1 Å². The van der Waals surface area contributed by atoms with Crippen LogP contribution in [0.5, 0.6) is 11.5 Å². The van der Waals surface area contributed by atoms with Gasteiger partial charge in [0.05, 0.1) is 11.6 Å². The predicted octanol–water partition coefficient (Wildman–Crippen LogP) is 7.26. The van der Waals surface area contributed by atoms with E-state index in [4.69, 9.17) is 14.7 Å². The molecule has 176 valence electrons. The molecule has 0 saturated carbocycles. The molecular formula is C30H27BrN2O2. The van der Waals surface area contributed by atoms with Crippen molar-refractivity contribution in [3.8, 4) is 28.7 Å². The van der Waals surface area contributed by atoms with Gasteiger partial charge in [0.15, 0.2) is 0 Å². The fourth-order valence-corrected chi connectivity index (χ4v) is 4.36. The quantitative estimate of drug-likeness (QED) is 0.236. The maximum atomic E-state index is 9.16. The summed E-state index contributed by atoms with van der Waals surface area (Å²) in [6, 6.07) is 32.1. The maximum absolute atomic E-state index is 9.16. The van der Waals surface area contributed by atoms with Crippen LogP contribution in [-0.2, 0) is 19.8 Å². The summed E-state index contributed by atoms with van der Waals surface area (Å²) < 4.78 is 13.4. The Labute approximate surface area is 215 Å². The third kappa shape index (κ3) is 6.51. The average molecular weight is 527 g/mol. The lowest BCUT2D eigenvalue weighted by atomic mass is 10.0. The summed E-state index contributed by atoms with van der Waals surface area (Å²) >= 11 is 3.77. The first-order chi connectivity index (χ1) is 17.2. The topological polar surface area (TPSA) is 54.3 Å². The first-order valence-electron chi connectivity index (χ1n) is 11.6. The molecule has 4 aromatic rings. The van der Waals surface area contributed by atoms with E-state index in [1.807, 2.05) is 54.6 Å². The van der Waals surface area contributed by atoms with Gasteiger partial charge in [0, 0.05) is 28.2 Å². The summed E-state index contributed by atoms with van der Waals surface area (Å²) in [5.74, 6) is 1.51. The maximum Gasteiger partial charge on any atom is 0.127 e. The van der Waals surface area contributed by atoms with Crippen LogP contribution in [0.15, 0.2) is 95.5 Å². The van der Waals surface area contributed by atoms with Gasteiger partial charge in [-0.05, 0) is 57.4 Å². The molecule has 35 heavy (non-hydrogen) atoms. The van der Waals surface area contributed by atoms with Gasteiger partial charge in [-0.15, -0.1) is 0 Å². The van der Waals surface area contributed by atoms with Crippen LogP contribution >= 0.6 is 15.9 Å². The average Bonchev–Trinajstić information content (AvgIpc) is 2.91. The van der Waals surface area contributed by atoms with Crippen LogP contribution < -0.4 is 14.8 Å². The first kappa shape index (κ1) is 24.5. The minimum absolute atomic E-state index is 0.378. The molecule has 5 heteroatoms. The normalized spacial score (nSPS) is 10.5. The second-order valence-electron chi connectivity index (χ2n) is 8.08. The van der Waals surface area contributed by atoms with Crippen LogP contribution in [-0.4, -0.2) is 6.54 Å². The molecule has 4 nitrogen and oxygen atoms in total. The van der Waals surface area contributed by atoms with E-state index in [1.165, 1.54) is 0 Å². The molecule has 4 rings (SSSR count). The fourth-order valence-electron chi connectivity index (χ4n) is 3.75. The van der Waals surface area contributed by atoms with E-state index >= 15 is 0 Å². The zero-order chi connectivity index (χ0) is 24.5. The highest BCUT2D eigenvalue weighted by molar-refractivity contribution is 9.10. The molecule has 0 heterocycles. The zero-order valence-corrected chi connectivity index (χ0v) is 21.2. The second kappa shape index (κ2) is 12.2. The van der Waals surface area contributed by atoms with E-state index in [2.05, 4.69) is 64.6 Å². The molecule has 0 radical (unpaired) electrons. The minimum atomic E-state index is 0.378. The van der Waals surface area contributed by atoms with Crippen LogP contribution in [0.4, 0.5) is 0 Å². The van der Waals surface area contributed by atoms with Crippen LogP contribution in [0.3, 0.4) is 0 Å². The van der Waals surface area contributed by atoms with Crippen molar-refractivity contribution in [1.82, 2.24) is 5.32 Å². The van der Waals surface area contributed by atoms with E-state index in [9.17, 15) is 0 Å². The molecule has 0 aliphatic rings. The number of halogens is 1. The van der Waals surface area contributed by atoms with Gasteiger partial charge in [-0.2, -0.15) is 5.26 Å². The summed E-state index contributed by atoms with van der Waals surface area (Å²) in [6.45, 7) is 4.45. The molecule has 1 N–H and O–H groups in total. The summed E-state index contributed by atoms with van der Waals surface area (Å²) in [6.07, 6.45) is 0. The Balaban J connectivity index is 1.50. The van der Waals surface area contributed by atoms with E-state index < -0.39 is 0 Å². The summed E-state index contributed by atoms with van der Waals surface area (Å²) in [7, 11) is 0. The number of nitriles is 1. The highest BCUT2D eigenvalue weighted by Gasteiger charge is 2.11. The van der Waals surface area contributed by atoms with E-state index in [0.29, 0.717) is 25.3 Å². The Morgan fingerprint density at radius 3 is 2.46 bits per heavy atom. The van der Waals surface area contributed by atoms with Crippen molar-refractivity contribution in [2.45, 2.75) is 26.7 Å². The molecule has 0 spiro atoms. The Hall–Kier alpha value is -3.59. The molecule has 0 saturated heterocycles. The SMILES string of the molecule is CCNCc1ccc(OCc2cccc(-c3ccccc3)c2Br)cc1OCc1cccc(C#N)c1. The zero-order valence-electron chi connectivity index (χ0n) is 19.6. The lowest BCUT2D eigenvalue weighted by molar-refractivity contribution is 0.287. The smallest absolute Gasteiger partial charge is 0.127 e. The number of hydrogen-bond acceptors (Lipinski definition) is 4. The standard InChI is InChI=1S/C30H27BrN2O2/c1-2-33-19-25-14-15-27(17-29(25)35-20-23-9-6-8-22(16-23)18-32)34-21-26-12-7-13-28(30(26)31)24-10-4-3-5-11-24/h3-17,33H,2,19-21H2,1H3. The van der Waals surface area contributed by atoms with Crippen molar-refractivity contribution < 1.29 is 9.47 Å². The van der Waals surface area contributed by atoms with Gasteiger partial charge in [-0.3, -0.25) is 0 Å². The second-order valence-corrected chi connectivity index (χ2v) is 8.88. The Bertz CT molecular complexity index is 1320. The van der Waals surface area contributed by atoms with Gasteiger partial charge in [0.1, 0.15) is 24.7 Å². The van der Waals surface area contributed by atoms with E-state index in [0.717, 1.165) is 50.3 Å². The molecule has 0 aliphatic carbocycles. The number of nitrogens with one attached hydrogen (secondary N) is 1. The van der Waals surface area contributed by atoms with Crippen molar-refractivity contribution in [2.24, 2.45) is 0 Å². The minimum Gasteiger partial charge on any atom is -0.489 e. The van der Waals surface area contributed by atoms with Gasteiger partial charge in [0.25, 0.3) is 0 Å². The van der Waals surface area contributed by atoms with Crippen molar-refractivity contribution in [2.75, 3.05) is 6.54 Å². The summed E-state index contributed by atoms with van der Waals surface area (Å²) in [5.41, 5.74) is 5.99. The Kier molecular flexibility index (Phi) is 8.56. The molecule has 0 bridgehead atoms. The van der Waals surface area contributed by atoms with Gasteiger partial charge in [-0.25, -0.2) is 0 Å². The summed E-state index contributed by atoms with van der Waals surface area (Å²) in [5, 5.41) is 12.5. The first-order valence-corrected chi connectivity index (χ1v) is 12.4. The number of benzene rings is 4. The van der Waals surface area contributed by atoms with Gasteiger partial charge in [0.2, 0.25) is 0 Å². The van der Waals surface area contributed by atoms with Gasteiger partial charge in [-0.1, -0.05) is 73.7 Å². The lowest BCUT2D eigenvalue weighted by Gasteiger charge is -2.15. The Morgan fingerprint density at radius 1 is 0.829 bits per heavy atom. The van der Waals surface area contributed by atoms with Crippen LogP contribution in [0, 0.1) is 11.3 Å². The van der Waals surface area contributed by atoms with Gasteiger partial charge >= 0.3 is 0 Å². The number of ether oxygens (including phenoxy) is 2. The number of rotatable bonds is 10. The van der Waals surface area contributed by atoms with E-state index in [-0.39, 0.29) is 0 Å². The molecule has 4 aromatic carbocycles. The van der Waals surface area contributed by atoms with Crippen LogP contribution in [0.1, 0.15) is 29.2 Å². The third-order valence-corrected chi connectivity index (χ3v) is 6.55. The highest BCUT2D eigenvalue weighted by atomic mass is 79.9. The van der Waals surface area contributed by atoms with Crippen LogP contribution in [0.2, 0.25) is 0 Å². The number of nitrogens with zero attached hydrogens (tertiary/aromatic N) is 1. The van der Waals surface area contributed by atoms with Crippen molar-refractivity contribution in [1.29, 1.82) is 5.26 Å². The van der Waals surface area contributed by atoms with E-state index in [1.54, 1.807) is 6.07 Å². The molecule has 0 amide bonds. The van der Waals surface area contributed by atoms with Crippen molar-refractivity contribution in [3.05, 3.63) is 118 Å². The molecule has 0 unspecified atom stereocenters. The molecule has 0 aliphatic heterocycles. The number of hydrogen-bond donors (Lipinski definition) is 1. The largest absolute Gasteiger partial charge is 0.489 e. The monoisotopic (exact) mass is 526 g/mol. The lowest BCUT2D eigenvalue weighted by Crippen LogP contribution is -2.13. The predicted molar refractivity (Wildman–Crippen MR) is 143 cm³/mol.